The van der Waals surface area contributed by atoms with Crippen molar-refractivity contribution in [1.82, 2.24) is 0 Å². The van der Waals surface area contributed by atoms with E-state index in [1.165, 1.54) is 12.1 Å². The van der Waals surface area contributed by atoms with Gasteiger partial charge in [0, 0.05) is 0 Å². The minimum atomic E-state index is -4.28. The molecular weight excluding hydrogens is 364 g/mol. The third-order valence-electron chi connectivity index (χ3n) is 6.67. The molecule has 4 fully saturated rings. The van der Waals surface area contributed by atoms with Crippen molar-refractivity contribution >= 4 is 20.2 Å². The number of hydrogen-bond donors (Lipinski definition) is 2. The fourth-order valence-electron chi connectivity index (χ4n) is 5.91. The van der Waals surface area contributed by atoms with Gasteiger partial charge in [0.25, 0.3) is 20.2 Å². The predicted octanol–water partition coefficient (Wildman–Crippen LogP) is 2.79. The van der Waals surface area contributed by atoms with E-state index < -0.39 is 25.0 Å². The van der Waals surface area contributed by atoms with Crippen molar-refractivity contribution in [2.45, 2.75) is 54.6 Å². The van der Waals surface area contributed by atoms with Gasteiger partial charge in [-0.15, -0.1) is 0 Å². The predicted molar refractivity (Wildman–Crippen MR) is 91.6 cm³/mol. The number of rotatable bonds is 3. The summed E-state index contributed by atoms with van der Waals surface area (Å²) in [6.45, 7) is 1.91. The lowest BCUT2D eigenvalue weighted by Crippen LogP contribution is -2.57. The number of benzene rings is 1. The zero-order valence-corrected chi connectivity index (χ0v) is 15.6. The highest BCUT2D eigenvalue weighted by molar-refractivity contribution is 7.87. The first-order chi connectivity index (χ1) is 11.5. The van der Waals surface area contributed by atoms with Crippen LogP contribution in [0.4, 0.5) is 0 Å². The average molecular weight is 386 g/mol. The summed E-state index contributed by atoms with van der Waals surface area (Å²) in [7, 11) is -8.38. The van der Waals surface area contributed by atoms with E-state index in [0.717, 1.165) is 24.0 Å². The van der Waals surface area contributed by atoms with Crippen molar-refractivity contribution in [3.05, 3.63) is 29.3 Å². The molecule has 138 valence electrons. The first-order valence-corrected chi connectivity index (χ1v) is 11.4. The lowest BCUT2D eigenvalue weighted by atomic mass is 9.50. The van der Waals surface area contributed by atoms with Crippen molar-refractivity contribution in [3.8, 4) is 0 Å². The maximum absolute atomic E-state index is 12.0. The minimum absolute atomic E-state index is 0.0770. The highest BCUT2D eigenvalue weighted by Crippen LogP contribution is 2.63. The SMILES string of the molecule is Cc1ccc(S(=O)(=O)O)cc1C1C2CC3CC1CC(S(=O)(=O)O)(C3)C2. The van der Waals surface area contributed by atoms with E-state index in [2.05, 4.69) is 0 Å². The molecule has 5 rings (SSSR count). The van der Waals surface area contributed by atoms with E-state index in [1.807, 2.05) is 6.92 Å². The summed E-state index contributed by atoms with van der Waals surface area (Å²) >= 11 is 0. The lowest BCUT2D eigenvalue weighted by Gasteiger charge is -2.58. The molecule has 0 radical (unpaired) electrons. The van der Waals surface area contributed by atoms with Crippen LogP contribution >= 0.6 is 0 Å². The van der Waals surface area contributed by atoms with Crippen LogP contribution in [0.2, 0.25) is 0 Å². The third kappa shape index (κ3) is 2.65. The van der Waals surface area contributed by atoms with Crippen molar-refractivity contribution in [2.24, 2.45) is 17.8 Å². The van der Waals surface area contributed by atoms with Crippen molar-refractivity contribution < 1.29 is 25.9 Å². The average Bonchev–Trinajstić information content (AvgIpc) is 2.45. The maximum Gasteiger partial charge on any atom is 0.294 e. The number of aryl methyl sites for hydroxylation is 1. The molecule has 6 nitrogen and oxygen atoms in total. The van der Waals surface area contributed by atoms with Crippen molar-refractivity contribution in [2.75, 3.05) is 0 Å². The quantitative estimate of drug-likeness (QED) is 0.773. The minimum Gasteiger partial charge on any atom is -0.285 e. The van der Waals surface area contributed by atoms with E-state index in [1.54, 1.807) is 6.07 Å². The van der Waals surface area contributed by atoms with Gasteiger partial charge in [0.1, 0.15) is 0 Å². The summed E-state index contributed by atoms with van der Waals surface area (Å²) in [4.78, 5) is -0.119. The van der Waals surface area contributed by atoms with Gasteiger partial charge >= 0.3 is 0 Å². The molecule has 1 aromatic carbocycles. The molecule has 4 bridgehead atoms. The second-order valence-electron chi connectivity index (χ2n) is 8.15. The topological polar surface area (TPSA) is 109 Å². The summed E-state index contributed by atoms with van der Waals surface area (Å²) in [5.74, 6) is 0.612. The first kappa shape index (κ1) is 17.5. The molecule has 0 spiro atoms. The second kappa shape index (κ2) is 5.28. The summed E-state index contributed by atoms with van der Waals surface area (Å²) in [5, 5.41) is 0. The summed E-state index contributed by atoms with van der Waals surface area (Å²) in [6, 6.07) is 4.63. The van der Waals surface area contributed by atoms with Gasteiger partial charge in [0.2, 0.25) is 0 Å². The molecule has 8 heteroatoms. The van der Waals surface area contributed by atoms with Crippen molar-refractivity contribution in [1.29, 1.82) is 0 Å². The summed E-state index contributed by atoms with van der Waals surface area (Å²) in [5.41, 5.74) is 1.83. The van der Waals surface area contributed by atoms with Gasteiger partial charge in [-0.05, 0) is 86.0 Å². The fraction of sp³-hybridized carbons (Fsp3) is 0.647. The molecular formula is C17H22O6S2. The Morgan fingerprint density at radius 2 is 1.60 bits per heavy atom. The second-order valence-corrected chi connectivity index (χ2v) is 11.4. The van der Waals surface area contributed by atoms with Gasteiger partial charge in [-0.3, -0.25) is 9.11 Å². The Morgan fingerprint density at radius 3 is 2.12 bits per heavy atom. The van der Waals surface area contributed by atoms with Crippen LogP contribution in [0.25, 0.3) is 0 Å². The molecule has 2 N–H and O–H groups in total. The molecule has 4 aliphatic carbocycles. The van der Waals surface area contributed by atoms with Crippen LogP contribution in [0.3, 0.4) is 0 Å². The Bertz CT molecular complexity index is 918. The smallest absolute Gasteiger partial charge is 0.285 e. The lowest BCUT2D eigenvalue weighted by molar-refractivity contribution is 0.00717. The van der Waals surface area contributed by atoms with E-state index >= 15 is 0 Å². The molecule has 0 heterocycles. The highest BCUT2D eigenvalue weighted by Gasteiger charge is 2.60. The van der Waals surface area contributed by atoms with Gasteiger partial charge < -0.3 is 0 Å². The molecule has 4 aliphatic rings. The Hall–Kier alpha value is -0.960. The monoisotopic (exact) mass is 386 g/mol. The van der Waals surface area contributed by atoms with Crippen LogP contribution < -0.4 is 0 Å². The van der Waals surface area contributed by atoms with Gasteiger partial charge in [0.05, 0.1) is 9.64 Å². The summed E-state index contributed by atoms with van der Waals surface area (Å²) < 4.78 is 65.2. The highest BCUT2D eigenvalue weighted by atomic mass is 32.2. The molecule has 0 amide bonds. The Labute approximate surface area is 148 Å². The van der Waals surface area contributed by atoms with Gasteiger partial charge in [-0.2, -0.15) is 16.8 Å². The van der Waals surface area contributed by atoms with Crippen LogP contribution in [0.5, 0.6) is 0 Å². The normalized spacial score (nSPS) is 37.4. The largest absolute Gasteiger partial charge is 0.294 e. The molecule has 25 heavy (non-hydrogen) atoms. The van der Waals surface area contributed by atoms with Gasteiger partial charge in [0.15, 0.2) is 0 Å². The molecule has 2 atom stereocenters. The Morgan fingerprint density at radius 1 is 1.00 bits per heavy atom. The molecule has 2 unspecified atom stereocenters. The zero-order chi connectivity index (χ0) is 18.2. The Balaban J connectivity index is 1.78. The van der Waals surface area contributed by atoms with E-state index in [-0.39, 0.29) is 22.6 Å². The van der Waals surface area contributed by atoms with Gasteiger partial charge in [-0.1, -0.05) is 6.07 Å². The zero-order valence-electron chi connectivity index (χ0n) is 13.9. The van der Waals surface area contributed by atoms with Crippen LogP contribution in [-0.2, 0) is 20.2 Å². The van der Waals surface area contributed by atoms with Crippen LogP contribution in [-0.4, -0.2) is 30.7 Å². The molecule has 0 aliphatic heterocycles. The Kier molecular flexibility index (Phi) is 3.69. The van der Waals surface area contributed by atoms with E-state index in [4.69, 9.17) is 0 Å². The van der Waals surface area contributed by atoms with E-state index in [9.17, 15) is 25.9 Å². The third-order valence-corrected chi connectivity index (χ3v) is 9.12. The summed E-state index contributed by atoms with van der Waals surface area (Å²) in [6.07, 6.45) is 3.22. The molecule has 0 aromatic heterocycles. The van der Waals surface area contributed by atoms with Crippen LogP contribution in [0, 0.1) is 24.7 Å². The van der Waals surface area contributed by atoms with Crippen molar-refractivity contribution in [3.63, 3.8) is 0 Å². The maximum atomic E-state index is 12.0. The molecule has 4 saturated carbocycles. The molecule has 0 saturated heterocycles. The van der Waals surface area contributed by atoms with E-state index in [0.29, 0.717) is 25.2 Å². The number of hydrogen-bond acceptors (Lipinski definition) is 4. The van der Waals surface area contributed by atoms with Gasteiger partial charge in [-0.25, -0.2) is 0 Å². The standard InChI is InChI=1S/C17H22O6S2/c1-10-2-3-14(24(18,19)20)6-15(10)16-12-4-11-5-13(16)9-17(7-11,8-12)25(21,22)23/h2-3,6,11-13,16H,4-5,7-9H2,1H3,(H,18,19,20)(H,21,22,23). The fourth-order valence-corrected chi connectivity index (χ4v) is 7.72. The van der Waals surface area contributed by atoms with Crippen LogP contribution in [0.15, 0.2) is 23.1 Å². The first-order valence-electron chi connectivity index (χ1n) is 8.55. The molecule has 1 aromatic rings. The van der Waals surface area contributed by atoms with Crippen LogP contribution in [0.1, 0.15) is 49.1 Å².